The Balaban J connectivity index is 1.93. The smallest absolute Gasteiger partial charge is 0.252 e. The Morgan fingerprint density at radius 3 is 2.38 bits per heavy atom. The molecular formula is C19H18ClN3O. The van der Waals surface area contributed by atoms with E-state index in [0.717, 1.165) is 17.0 Å². The summed E-state index contributed by atoms with van der Waals surface area (Å²) < 4.78 is 1.90. The van der Waals surface area contributed by atoms with E-state index in [0.29, 0.717) is 10.6 Å². The largest absolute Gasteiger partial charge is 0.338 e. The van der Waals surface area contributed by atoms with Gasteiger partial charge in [-0.05, 0) is 36.8 Å². The van der Waals surface area contributed by atoms with Crippen LogP contribution >= 0.6 is 11.6 Å². The Bertz CT molecular complexity index is 838. The number of benzene rings is 2. The molecule has 1 heterocycles. The number of aromatic nitrogens is 2. The Morgan fingerprint density at radius 1 is 1.12 bits per heavy atom. The van der Waals surface area contributed by atoms with E-state index in [-0.39, 0.29) is 11.9 Å². The second kappa shape index (κ2) is 6.89. The van der Waals surface area contributed by atoms with E-state index in [4.69, 9.17) is 11.6 Å². The highest BCUT2D eigenvalue weighted by atomic mass is 35.5. The van der Waals surface area contributed by atoms with Crippen LogP contribution in [0.4, 0.5) is 0 Å². The van der Waals surface area contributed by atoms with E-state index >= 15 is 0 Å². The number of imidazole rings is 1. The molecule has 0 bridgehead atoms. The fraction of sp³-hybridized carbons (Fsp3) is 0.158. The van der Waals surface area contributed by atoms with Gasteiger partial charge in [0, 0.05) is 30.0 Å². The third-order valence-electron chi connectivity index (χ3n) is 3.91. The van der Waals surface area contributed by atoms with Crippen molar-refractivity contribution in [3.8, 4) is 0 Å². The maximum absolute atomic E-state index is 12.6. The fourth-order valence-corrected chi connectivity index (χ4v) is 2.65. The number of nitrogens with one attached hydrogen (secondary N) is 1. The second-order valence-corrected chi connectivity index (χ2v) is 6.16. The molecule has 1 amide bonds. The Kier molecular flexibility index (Phi) is 4.67. The summed E-state index contributed by atoms with van der Waals surface area (Å²) in [4.78, 5) is 17.0. The summed E-state index contributed by atoms with van der Waals surface area (Å²) in [5.41, 5.74) is 2.66. The molecule has 4 nitrogen and oxygen atoms in total. The predicted octanol–water partition coefficient (Wildman–Crippen LogP) is 3.90. The molecule has 0 aliphatic carbocycles. The summed E-state index contributed by atoms with van der Waals surface area (Å²) in [6.45, 7) is 1.99. The zero-order valence-corrected chi connectivity index (χ0v) is 14.3. The van der Waals surface area contributed by atoms with E-state index in [1.165, 1.54) is 0 Å². The standard InChI is InChI=1S/C19H18ClN3O/c1-13-3-5-15(6-4-13)19(24)22-17(18-21-11-12-23(18)2)14-7-9-16(20)10-8-14/h3-12,17H,1-2H3,(H,22,24)/t17-/m1/s1. The first-order valence-corrected chi connectivity index (χ1v) is 8.02. The average Bonchev–Trinajstić information content (AvgIpc) is 3.00. The molecule has 0 aliphatic heterocycles. The van der Waals surface area contributed by atoms with Gasteiger partial charge in [-0.3, -0.25) is 4.79 Å². The molecule has 3 rings (SSSR count). The first-order valence-electron chi connectivity index (χ1n) is 7.65. The molecule has 2 aromatic carbocycles. The van der Waals surface area contributed by atoms with Gasteiger partial charge in [0.15, 0.2) is 0 Å². The van der Waals surface area contributed by atoms with E-state index in [1.807, 2.05) is 73.3 Å². The quantitative estimate of drug-likeness (QED) is 0.783. The van der Waals surface area contributed by atoms with Crippen LogP contribution in [0.2, 0.25) is 5.02 Å². The van der Waals surface area contributed by atoms with Crippen molar-refractivity contribution < 1.29 is 4.79 Å². The van der Waals surface area contributed by atoms with Gasteiger partial charge in [0.05, 0.1) is 0 Å². The Morgan fingerprint density at radius 2 is 1.79 bits per heavy atom. The molecule has 1 N–H and O–H groups in total. The number of halogens is 1. The first-order chi connectivity index (χ1) is 11.5. The minimum absolute atomic E-state index is 0.141. The van der Waals surface area contributed by atoms with E-state index in [1.54, 1.807) is 6.20 Å². The topological polar surface area (TPSA) is 46.9 Å². The van der Waals surface area contributed by atoms with Crippen molar-refractivity contribution in [2.75, 3.05) is 0 Å². The van der Waals surface area contributed by atoms with Gasteiger partial charge in [0.1, 0.15) is 11.9 Å². The van der Waals surface area contributed by atoms with Crippen LogP contribution < -0.4 is 5.32 Å². The van der Waals surface area contributed by atoms with Crippen molar-refractivity contribution >= 4 is 17.5 Å². The fourth-order valence-electron chi connectivity index (χ4n) is 2.53. The summed E-state index contributed by atoms with van der Waals surface area (Å²) in [6, 6.07) is 14.6. The molecule has 0 saturated heterocycles. The maximum atomic E-state index is 12.6. The van der Waals surface area contributed by atoms with Crippen molar-refractivity contribution in [3.63, 3.8) is 0 Å². The molecule has 0 saturated carbocycles. The molecule has 1 atom stereocenters. The van der Waals surface area contributed by atoms with Crippen LogP contribution in [0.25, 0.3) is 0 Å². The van der Waals surface area contributed by atoms with Gasteiger partial charge in [-0.15, -0.1) is 0 Å². The molecule has 0 aliphatic rings. The van der Waals surface area contributed by atoms with Gasteiger partial charge in [-0.1, -0.05) is 41.4 Å². The summed E-state index contributed by atoms with van der Waals surface area (Å²) in [5, 5.41) is 3.72. The number of hydrogen-bond donors (Lipinski definition) is 1. The van der Waals surface area contributed by atoms with Crippen LogP contribution in [0, 0.1) is 6.92 Å². The van der Waals surface area contributed by atoms with Crippen LogP contribution in [0.3, 0.4) is 0 Å². The number of amides is 1. The third kappa shape index (κ3) is 3.49. The maximum Gasteiger partial charge on any atom is 0.252 e. The Labute approximate surface area is 146 Å². The van der Waals surface area contributed by atoms with E-state index in [2.05, 4.69) is 10.3 Å². The minimum Gasteiger partial charge on any atom is -0.338 e. The summed E-state index contributed by atoms with van der Waals surface area (Å²) in [7, 11) is 1.91. The minimum atomic E-state index is -0.351. The molecule has 0 fully saturated rings. The van der Waals surface area contributed by atoms with Gasteiger partial charge in [0.2, 0.25) is 0 Å². The van der Waals surface area contributed by atoms with Crippen LogP contribution in [0.1, 0.15) is 33.4 Å². The molecule has 0 spiro atoms. The number of nitrogens with zero attached hydrogens (tertiary/aromatic N) is 2. The van der Waals surface area contributed by atoms with Crippen LogP contribution in [-0.4, -0.2) is 15.5 Å². The second-order valence-electron chi connectivity index (χ2n) is 5.72. The lowest BCUT2D eigenvalue weighted by atomic mass is 10.0. The summed E-state index contributed by atoms with van der Waals surface area (Å²) >= 11 is 5.98. The van der Waals surface area contributed by atoms with Crippen LogP contribution in [-0.2, 0) is 7.05 Å². The number of carbonyl (C=O) groups is 1. The molecular weight excluding hydrogens is 322 g/mol. The van der Waals surface area contributed by atoms with Crippen molar-refractivity contribution in [3.05, 3.63) is 88.5 Å². The predicted molar refractivity (Wildman–Crippen MR) is 95.1 cm³/mol. The van der Waals surface area contributed by atoms with Crippen molar-refractivity contribution in [2.24, 2.45) is 7.05 Å². The Hall–Kier alpha value is -2.59. The zero-order chi connectivity index (χ0) is 17.1. The van der Waals surface area contributed by atoms with Gasteiger partial charge >= 0.3 is 0 Å². The van der Waals surface area contributed by atoms with Crippen LogP contribution in [0.15, 0.2) is 60.9 Å². The summed E-state index contributed by atoms with van der Waals surface area (Å²) in [5.74, 6) is 0.621. The number of aryl methyl sites for hydroxylation is 2. The number of carbonyl (C=O) groups excluding carboxylic acids is 1. The number of rotatable bonds is 4. The third-order valence-corrected chi connectivity index (χ3v) is 4.16. The van der Waals surface area contributed by atoms with E-state index in [9.17, 15) is 4.79 Å². The van der Waals surface area contributed by atoms with Gasteiger partial charge in [-0.2, -0.15) is 0 Å². The normalized spacial score (nSPS) is 12.0. The molecule has 122 valence electrons. The molecule has 0 radical (unpaired) electrons. The van der Waals surface area contributed by atoms with Crippen molar-refractivity contribution in [2.45, 2.75) is 13.0 Å². The molecule has 24 heavy (non-hydrogen) atoms. The summed E-state index contributed by atoms with van der Waals surface area (Å²) in [6.07, 6.45) is 3.58. The van der Waals surface area contributed by atoms with Gasteiger partial charge in [-0.25, -0.2) is 4.98 Å². The lowest BCUT2D eigenvalue weighted by Crippen LogP contribution is -2.31. The average molecular weight is 340 g/mol. The zero-order valence-electron chi connectivity index (χ0n) is 13.5. The van der Waals surface area contributed by atoms with Gasteiger partial charge < -0.3 is 9.88 Å². The lowest BCUT2D eigenvalue weighted by Gasteiger charge is -2.19. The highest BCUT2D eigenvalue weighted by Gasteiger charge is 2.21. The van der Waals surface area contributed by atoms with Gasteiger partial charge in [0.25, 0.3) is 5.91 Å². The molecule has 1 aromatic heterocycles. The van der Waals surface area contributed by atoms with Crippen molar-refractivity contribution in [1.82, 2.24) is 14.9 Å². The lowest BCUT2D eigenvalue weighted by molar-refractivity contribution is 0.0941. The monoisotopic (exact) mass is 339 g/mol. The molecule has 5 heteroatoms. The SMILES string of the molecule is Cc1ccc(C(=O)N[C@H](c2ccc(Cl)cc2)c2nccn2C)cc1. The highest BCUT2D eigenvalue weighted by Crippen LogP contribution is 2.23. The molecule has 3 aromatic rings. The number of hydrogen-bond acceptors (Lipinski definition) is 2. The first kappa shape index (κ1) is 16.3. The van der Waals surface area contributed by atoms with Crippen LogP contribution in [0.5, 0.6) is 0 Å². The van der Waals surface area contributed by atoms with E-state index < -0.39 is 0 Å². The molecule has 0 unspecified atom stereocenters. The highest BCUT2D eigenvalue weighted by molar-refractivity contribution is 6.30. The van der Waals surface area contributed by atoms with Crippen molar-refractivity contribution in [1.29, 1.82) is 0 Å².